The van der Waals surface area contributed by atoms with Gasteiger partial charge in [0.1, 0.15) is 6.29 Å². The molecule has 0 spiro atoms. The minimum atomic E-state index is -0.245. The second-order valence-electron chi connectivity index (χ2n) is 15.4. The quantitative estimate of drug-likeness (QED) is 0.476. The van der Waals surface area contributed by atoms with Crippen LogP contribution in [0, 0.1) is 75.4 Å². The van der Waals surface area contributed by atoms with E-state index in [9.17, 15) is 15.0 Å². The number of fused-ring (bicyclic) bond motifs is 7. The molecule has 5 fully saturated rings. The summed E-state index contributed by atoms with van der Waals surface area (Å²) in [5.41, 5.74) is 0.325. The fourth-order valence-corrected chi connectivity index (χ4v) is 11.1. The number of aliphatic hydroxyl groups excluding tert-OH is 2. The van der Waals surface area contributed by atoms with Gasteiger partial charge in [-0.15, -0.1) is 0 Å². The molecule has 0 saturated heterocycles. The summed E-state index contributed by atoms with van der Waals surface area (Å²) < 4.78 is 0. The Hall–Kier alpha value is -0.410. The molecule has 188 valence electrons. The summed E-state index contributed by atoms with van der Waals surface area (Å²) in [4.78, 5) is 12.2. The van der Waals surface area contributed by atoms with Gasteiger partial charge in [0.15, 0.2) is 0 Å². The molecule has 0 radical (unpaired) electrons. The molecule has 33 heavy (non-hydrogen) atoms. The van der Waals surface area contributed by atoms with Crippen molar-refractivity contribution in [2.45, 2.75) is 106 Å². The second-order valence-corrected chi connectivity index (χ2v) is 15.4. The maximum atomic E-state index is 12.2. The molecular weight excluding hydrogens is 408 g/mol. The Morgan fingerprint density at radius 3 is 2.15 bits per heavy atom. The van der Waals surface area contributed by atoms with E-state index in [0.717, 1.165) is 32.1 Å². The van der Waals surface area contributed by atoms with Gasteiger partial charge in [-0.05, 0) is 114 Å². The van der Waals surface area contributed by atoms with E-state index in [1.165, 1.54) is 19.1 Å². The van der Waals surface area contributed by atoms with E-state index in [2.05, 4.69) is 48.5 Å². The number of carbonyl (C=O) groups is 1. The fourth-order valence-electron chi connectivity index (χ4n) is 11.1. The van der Waals surface area contributed by atoms with Crippen LogP contribution in [0.5, 0.6) is 0 Å². The van der Waals surface area contributed by atoms with E-state index in [-0.39, 0.29) is 34.4 Å². The highest BCUT2D eigenvalue weighted by Gasteiger charge is 2.64. The fraction of sp³-hybridized carbons (Fsp3) is 0.967. The summed E-state index contributed by atoms with van der Waals surface area (Å²) in [5.74, 6) is 4.95. The lowest BCUT2D eigenvalue weighted by molar-refractivity contribution is -0.213. The van der Waals surface area contributed by atoms with Crippen molar-refractivity contribution in [2.24, 2.45) is 75.4 Å². The van der Waals surface area contributed by atoms with Crippen LogP contribution in [-0.2, 0) is 4.79 Å². The van der Waals surface area contributed by atoms with Crippen LogP contribution in [0.25, 0.3) is 0 Å². The summed E-state index contributed by atoms with van der Waals surface area (Å²) in [6.45, 7) is 16.6. The lowest BCUT2D eigenvalue weighted by atomic mass is 9.38. The van der Waals surface area contributed by atoms with Gasteiger partial charge >= 0.3 is 0 Å². The molecule has 0 aromatic rings. The average Bonchev–Trinajstić information content (AvgIpc) is 2.70. The van der Waals surface area contributed by atoms with Gasteiger partial charge in [-0.25, -0.2) is 0 Å². The lowest BCUT2D eigenvalue weighted by Gasteiger charge is -2.67. The lowest BCUT2D eigenvalue weighted by Crippen LogP contribution is -2.63. The number of hydrogen-bond acceptors (Lipinski definition) is 3. The summed E-state index contributed by atoms with van der Waals surface area (Å²) in [5, 5.41) is 22.8. The topological polar surface area (TPSA) is 57.5 Å². The standard InChI is InChI=1S/C30H50O3/c1-16-10-24(33)30(6,7)22-9-8-18-19(25(16)22)11-23(32)26-21-13-28(2,3)12-17(15-31)20(21)14-29(4,5)27(18)26/h15-27,32-33H,8-14H2,1-7H3/t16-,17+,18?,19?,20?,21?,22?,23?,24?,25?,26?,27?/m1/s1. The first kappa shape index (κ1) is 24.3. The van der Waals surface area contributed by atoms with Crippen molar-refractivity contribution < 1.29 is 15.0 Å². The van der Waals surface area contributed by atoms with Crippen LogP contribution < -0.4 is 0 Å². The first-order valence-electron chi connectivity index (χ1n) is 14.1. The molecule has 5 rings (SSSR count). The highest BCUT2D eigenvalue weighted by Crippen LogP contribution is 2.68. The highest BCUT2D eigenvalue weighted by atomic mass is 16.3. The zero-order chi connectivity index (χ0) is 24.1. The minimum absolute atomic E-state index is 0.0261. The average molecular weight is 459 g/mol. The van der Waals surface area contributed by atoms with Gasteiger partial charge in [0, 0.05) is 5.92 Å². The second kappa shape index (κ2) is 7.79. The molecule has 2 N–H and O–H groups in total. The van der Waals surface area contributed by atoms with Gasteiger partial charge in [-0.3, -0.25) is 0 Å². The summed E-state index contributed by atoms with van der Waals surface area (Å²) in [7, 11) is 0. The van der Waals surface area contributed by atoms with Crippen molar-refractivity contribution in [3.8, 4) is 0 Å². The third-order valence-electron chi connectivity index (χ3n) is 12.2. The molecule has 12 atom stereocenters. The number of rotatable bonds is 1. The normalized spacial score (nSPS) is 54.2. The Morgan fingerprint density at radius 1 is 0.788 bits per heavy atom. The Morgan fingerprint density at radius 2 is 1.48 bits per heavy atom. The van der Waals surface area contributed by atoms with E-state index in [1.54, 1.807) is 0 Å². The first-order chi connectivity index (χ1) is 15.3. The number of aldehydes is 1. The van der Waals surface area contributed by atoms with Crippen LogP contribution in [-0.4, -0.2) is 28.7 Å². The maximum absolute atomic E-state index is 12.2. The van der Waals surface area contributed by atoms with Crippen LogP contribution in [0.2, 0.25) is 0 Å². The van der Waals surface area contributed by atoms with Crippen LogP contribution in [0.1, 0.15) is 93.4 Å². The van der Waals surface area contributed by atoms with Crippen LogP contribution in [0.15, 0.2) is 0 Å². The summed E-state index contributed by atoms with van der Waals surface area (Å²) >= 11 is 0. The Bertz CT molecular complexity index is 769. The van der Waals surface area contributed by atoms with Gasteiger partial charge in [0.05, 0.1) is 12.2 Å². The Kier molecular flexibility index (Phi) is 5.74. The Balaban J connectivity index is 1.51. The zero-order valence-corrected chi connectivity index (χ0v) is 22.3. The van der Waals surface area contributed by atoms with Crippen LogP contribution >= 0.6 is 0 Å². The molecule has 3 heteroatoms. The molecule has 10 unspecified atom stereocenters. The van der Waals surface area contributed by atoms with Gasteiger partial charge in [0.25, 0.3) is 0 Å². The third kappa shape index (κ3) is 3.61. The van der Waals surface area contributed by atoms with Gasteiger partial charge in [-0.1, -0.05) is 48.5 Å². The molecule has 0 bridgehead atoms. The molecular formula is C30H50O3. The first-order valence-corrected chi connectivity index (χ1v) is 14.1. The van der Waals surface area contributed by atoms with E-state index in [0.29, 0.717) is 53.3 Å². The van der Waals surface area contributed by atoms with Crippen molar-refractivity contribution >= 4 is 6.29 Å². The molecule has 5 aliphatic carbocycles. The van der Waals surface area contributed by atoms with Crippen molar-refractivity contribution in [1.29, 1.82) is 0 Å². The monoisotopic (exact) mass is 458 g/mol. The predicted octanol–water partition coefficient (Wildman–Crippen LogP) is 5.97. The minimum Gasteiger partial charge on any atom is -0.393 e. The van der Waals surface area contributed by atoms with Crippen molar-refractivity contribution in [1.82, 2.24) is 0 Å². The molecule has 5 saturated carbocycles. The van der Waals surface area contributed by atoms with E-state index in [4.69, 9.17) is 0 Å². The Labute approximate surface area is 202 Å². The van der Waals surface area contributed by atoms with Crippen LogP contribution in [0.3, 0.4) is 0 Å². The molecule has 0 amide bonds. The maximum Gasteiger partial charge on any atom is 0.123 e. The smallest absolute Gasteiger partial charge is 0.123 e. The van der Waals surface area contributed by atoms with E-state index < -0.39 is 0 Å². The van der Waals surface area contributed by atoms with Crippen molar-refractivity contribution in [2.75, 3.05) is 0 Å². The summed E-state index contributed by atoms with van der Waals surface area (Å²) in [6.07, 6.45) is 8.45. The predicted molar refractivity (Wildman–Crippen MR) is 132 cm³/mol. The SMILES string of the molecule is C[C@@H]1CC(O)C(C)(C)C2CCC3C(CC(O)C4C5CC(C)(C)C[C@@H](C=O)C5CC(C)(C)C34)C21. The molecule has 5 aliphatic rings. The van der Waals surface area contributed by atoms with Crippen molar-refractivity contribution in [3.05, 3.63) is 0 Å². The largest absolute Gasteiger partial charge is 0.393 e. The highest BCUT2D eigenvalue weighted by molar-refractivity contribution is 5.55. The molecule has 0 heterocycles. The molecule has 0 aromatic carbocycles. The third-order valence-corrected chi connectivity index (χ3v) is 12.2. The zero-order valence-electron chi connectivity index (χ0n) is 22.3. The number of carbonyl (C=O) groups excluding carboxylic acids is 1. The van der Waals surface area contributed by atoms with Crippen molar-refractivity contribution in [3.63, 3.8) is 0 Å². The molecule has 3 nitrogen and oxygen atoms in total. The van der Waals surface area contributed by atoms with Gasteiger partial charge in [0.2, 0.25) is 0 Å². The van der Waals surface area contributed by atoms with Gasteiger partial charge < -0.3 is 15.0 Å². The van der Waals surface area contributed by atoms with E-state index in [1.807, 2.05) is 0 Å². The molecule has 0 aromatic heterocycles. The summed E-state index contributed by atoms with van der Waals surface area (Å²) in [6, 6.07) is 0. The molecule has 0 aliphatic heterocycles. The number of aliphatic hydroxyl groups is 2. The number of hydrogen-bond donors (Lipinski definition) is 2. The van der Waals surface area contributed by atoms with Crippen LogP contribution in [0.4, 0.5) is 0 Å². The van der Waals surface area contributed by atoms with Gasteiger partial charge in [-0.2, -0.15) is 0 Å². The van der Waals surface area contributed by atoms with E-state index >= 15 is 0 Å².